The van der Waals surface area contributed by atoms with Gasteiger partial charge in [0, 0.05) is 29.2 Å². The summed E-state index contributed by atoms with van der Waals surface area (Å²) in [7, 11) is 0. The van der Waals surface area contributed by atoms with Crippen LogP contribution in [0.3, 0.4) is 0 Å². The van der Waals surface area contributed by atoms with Gasteiger partial charge in [-0.1, -0.05) is 15.9 Å². The largest absolute Gasteiger partial charge is 0.354 e. The summed E-state index contributed by atoms with van der Waals surface area (Å²) in [6, 6.07) is 0.494. The molecule has 17 heavy (non-hydrogen) atoms. The molecule has 0 saturated carbocycles. The van der Waals surface area contributed by atoms with Gasteiger partial charge in [0.1, 0.15) is 12.1 Å². The van der Waals surface area contributed by atoms with Gasteiger partial charge in [-0.25, -0.2) is 9.97 Å². The molecular weight excluding hydrogens is 278 g/mol. The number of aryl methyl sites for hydroxylation is 1. The van der Waals surface area contributed by atoms with E-state index >= 15 is 0 Å². The van der Waals surface area contributed by atoms with Gasteiger partial charge in [0.15, 0.2) is 0 Å². The molecule has 4 heteroatoms. The fourth-order valence-corrected chi connectivity index (χ4v) is 2.68. The SMILES string of the molecule is CC(C)N(CCCBr)c1ncnc2c1CCC2. The molecule has 0 amide bonds. The minimum atomic E-state index is 0.494. The molecule has 0 spiro atoms. The maximum atomic E-state index is 4.52. The summed E-state index contributed by atoms with van der Waals surface area (Å²) in [6.07, 6.45) is 6.36. The van der Waals surface area contributed by atoms with Crippen LogP contribution in [0.2, 0.25) is 0 Å². The van der Waals surface area contributed by atoms with Crippen LogP contribution >= 0.6 is 15.9 Å². The Balaban J connectivity index is 2.26. The number of hydrogen-bond donors (Lipinski definition) is 0. The summed E-state index contributed by atoms with van der Waals surface area (Å²) in [5.74, 6) is 1.17. The summed E-state index contributed by atoms with van der Waals surface area (Å²) in [5, 5.41) is 1.05. The van der Waals surface area contributed by atoms with Crippen molar-refractivity contribution in [2.75, 3.05) is 16.8 Å². The first-order chi connectivity index (χ1) is 8.24. The molecule has 0 aromatic carbocycles. The van der Waals surface area contributed by atoms with Crippen LogP contribution in [-0.2, 0) is 12.8 Å². The first kappa shape index (κ1) is 12.8. The zero-order valence-electron chi connectivity index (χ0n) is 10.6. The topological polar surface area (TPSA) is 29.0 Å². The van der Waals surface area contributed by atoms with Crippen molar-refractivity contribution < 1.29 is 0 Å². The number of rotatable bonds is 5. The van der Waals surface area contributed by atoms with E-state index in [4.69, 9.17) is 0 Å². The number of anilines is 1. The summed E-state index contributed by atoms with van der Waals surface area (Å²) in [4.78, 5) is 11.3. The van der Waals surface area contributed by atoms with Crippen LogP contribution in [0, 0.1) is 0 Å². The molecule has 1 aliphatic carbocycles. The fraction of sp³-hybridized carbons (Fsp3) is 0.692. The van der Waals surface area contributed by atoms with Crippen LogP contribution in [0.15, 0.2) is 6.33 Å². The Hall–Kier alpha value is -0.640. The highest BCUT2D eigenvalue weighted by Crippen LogP contribution is 2.28. The zero-order chi connectivity index (χ0) is 12.3. The minimum absolute atomic E-state index is 0.494. The Morgan fingerprint density at radius 3 is 2.88 bits per heavy atom. The summed E-state index contributed by atoms with van der Waals surface area (Å²) in [5.41, 5.74) is 2.65. The highest BCUT2D eigenvalue weighted by atomic mass is 79.9. The number of aromatic nitrogens is 2. The zero-order valence-corrected chi connectivity index (χ0v) is 12.2. The Kier molecular flexibility index (Phi) is 4.37. The van der Waals surface area contributed by atoms with Crippen molar-refractivity contribution in [3.8, 4) is 0 Å². The van der Waals surface area contributed by atoms with E-state index in [0.717, 1.165) is 31.1 Å². The number of alkyl halides is 1. The molecule has 0 bridgehead atoms. The van der Waals surface area contributed by atoms with Gasteiger partial charge in [-0.2, -0.15) is 0 Å². The summed E-state index contributed by atoms with van der Waals surface area (Å²) >= 11 is 3.50. The lowest BCUT2D eigenvalue weighted by atomic mass is 10.2. The fourth-order valence-electron chi connectivity index (χ4n) is 2.43. The van der Waals surface area contributed by atoms with Gasteiger partial charge in [0.2, 0.25) is 0 Å². The Morgan fingerprint density at radius 2 is 2.18 bits per heavy atom. The average Bonchev–Trinajstić information content (AvgIpc) is 2.77. The van der Waals surface area contributed by atoms with E-state index in [9.17, 15) is 0 Å². The lowest BCUT2D eigenvalue weighted by Gasteiger charge is -2.29. The van der Waals surface area contributed by atoms with E-state index in [1.165, 1.54) is 23.5 Å². The highest BCUT2D eigenvalue weighted by Gasteiger charge is 2.22. The molecule has 0 N–H and O–H groups in total. The van der Waals surface area contributed by atoms with Gasteiger partial charge in [-0.15, -0.1) is 0 Å². The first-order valence-electron chi connectivity index (χ1n) is 6.39. The van der Waals surface area contributed by atoms with Crippen molar-refractivity contribution in [3.63, 3.8) is 0 Å². The predicted molar refractivity (Wildman–Crippen MR) is 75.0 cm³/mol. The van der Waals surface area contributed by atoms with Gasteiger partial charge in [-0.05, 0) is 39.5 Å². The third-order valence-corrected chi connectivity index (χ3v) is 3.84. The molecule has 2 rings (SSSR count). The smallest absolute Gasteiger partial charge is 0.135 e. The molecule has 0 unspecified atom stereocenters. The van der Waals surface area contributed by atoms with Gasteiger partial charge in [0.25, 0.3) is 0 Å². The summed E-state index contributed by atoms with van der Waals surface area (Å²) in [6.45, 7) is 5.53. The molecule has 1 heterocycles. The van der Waals surface area contributed by atoms with Gasteiger partial charge >= 0.3 is 0 Å². The molecule has 0 aliphatic heterocycles. The van der Waals surface area contributed by atoms with Crippen molar-refractivity contribution in [1.29, 1.82) is 0 Å². The number of fused-ring (bicyclic) bond motifs is 1. The van der Waals surface area contributed by atoms with Crippen molar-refractivity contribution in [2.24, 2.45) is 0 Å². The Morgan fingerprint density at radius 1 is 1.35 bits per heavy atom. The molecule has 0 fully saturated rings. The third kappa shape index (κ3) is 2.79. The molecular formula is C13H20BrN3. The minimum Gasteiger partial charge on any atom is -0.354 e. The van der Waals surface area contributed by atoms with Crippen LogP contribution in [0.4, 0.5) is 5.82 Å². The summed E-state index contributed by atoms with van der Waals surface area (Å²) < 4.78 is 0. The average molecular weight is 298 g/mol. The van der Waals surface area contributed by atoms with Crippen LogP contribution in [0.5, 0.6) is 0 Å². The van der Waals surface area contributed by atoms with Crippen molar-refractivity contribution in [1.82, 2.24) is 9.97 Å². The monoisotopic (exact) mass is 297 g/mol. The maximum absolute atomic E-state index is 4.52. The van der Waals surface area contributed by atoms with E-state index in [-0.39, 0.29) is 0 Å². The van der Waals surface area contributed by atoms with Crippen molar-refractivity contribution in [2.45, 2.75) is 45.6 Å². The lowest BCUT2D eigenvalue weighted by molar-refractivity contribution is 0.660. The molecule has 0 atom stereocenters. The second kappa shape index (κ2) is 5.80. The van der Waals surface area contributed by atoms with Crippen LogP contribution in [-0.4, -0.2) is 27.9 Å². The van der Waals surface area contributed by atoms with Crippen molar-refractivity contribution in [3.05, 3.63) is 17.6 Å². The highest BCUT2D eigenvalue weighted by molar-refractivity contribution is 9.09. The van der Waals surface area contributed by atoms with Gasteiger partial charge in [-0.3, -0.25) is 0 Å². The quantitative estimate of drug-likeness (QED) is 0.783. The first-order valence-corrected chi connectivity index (χ1v) is 7.51. The second-order valence-corrected chi connectivity index (χ2v) is 5.60. The Labute approximate surface area is 112 Å². The van der Waals surface area contributed by atoms with Gasteiger partial charge in [0.05, 0.1) is 0 Å². The van der Waals surface area contributed by atoms with E-state index in [1.807, 2.05) is 0 Å². The maximum Gasteiger partial charge on any atom is 0.135 e. The predicted octanol–water partition coefficient (Wildman–Crippen LogP) is 2.97. The van der Waals surface area contributed by atoms with Crippen LogP contribution in [0.1, 0.15) is 37.9 Å². The molecule has 3 nitrogen and oxygen atoms in total. The van der Waals surface area contributed by atoms with E-state index in [1.54, 1.807) is 6.33 Å². The third-order valence-electron chi connectivity index (χ3n) is 3.28. The van der Waals surface area contributed by atoms with E-state index in [2.05, 4.69) is 44.6 Å². The molecule has 0 saturated heterocycles. The van der Waals surface area contributed by atoms with Gasteiger partial charge < -0.3 is 4.90 Å². The van der Waals surface area contributed by atoms with Crippen LogP contribution < -0.4 is 4.90 Å². The number of halogens is 1. The van der Waals surface area contributed by atoms with E-state index in [0.29, 0.717) is 6.04 Å². The lowest BCUT2D eigenvalue weighted by Crippen LogP contribution is -2.33. The number of nitrogens with zero attached hydrogens (tertiary/aromatic N) is 3. The normalized spacial score (nSPS) is 14.1. The van der Waals surface area contributed by atoms with Crippen LogP contribution in [0.25, 0.3) is 0 Å². The van der Waals surface area contributed by atoms with E-state index < -0.39 is 0 Å². The standard InChI is InChI=1S/C13H20BrN3/c1-10(2)17(8-4-7-14)13-11-5-3-6-12(11)15-9-16-13/h9-10H,3-8H2,1-2H3. The molecule has 1 aromatic rings. The number of hydrogen-bond acceptors (Lipinski definition) is 3. The Bertz CT molecular complexity index is 379. The second-order valence-electron chi connectivity index (χ2n) is 4.81. The molecule has 1 aliphatic rings. The van der Waals surface area contributed by atoms with Crippen molar-refractivity contribution >= 4 is 21.7 Å². The molecule has 1 aromatic heterocycles. The molecule has 0 radical (unpaired) electrons. The molecule has 94 valence electrons.